The van der Waals surface area contributed by atoms with E-state index in [0.717, 1.165) is 11.8 Å². The molecule has 0 aliphatic heterocycles. The summed E-state index contributed by atoms with van der Waals surface area (Å²) >= 11 is 5.86. The van der Waals surface area contributed by atoms with Crippen molar-refractivity contribution in [3.8, 4) is 5.88 Å². The zero-order valence-electron chi connectivity index (χ0n) is 18.0. The Morgan fingerprint density at radius 2 is 1.91 bits per heavy atom. The normalized spacial score (nSPS) is 12.0. The molecule has 9 nitrogen and oxygen atoms in total. The SMILES string of the molecule is Cn1c(=O)c(C(=O)NCc2ccc(Cl)cc2)cc2cnnc(OCC(C)(C)S(C)(=O)=O)c21. The van der Waals surface area contributed by atoms with Crippen molar-refractivity contribution < 1.29 is 17.9 Å². The number of nitrogens with one attached hydrogen (secondary N) is 1. The Morgan fingerprint density at radius 1 is 1.25 bits per heavy atom. The molecule has 170 valence electrons. The van der Waals surface area contributed by atoms with E-state index in [1.54, 1.807) is 24.3 Å². The average Bonchev–Trinajstić information content (AvgIpc) is 2.73. The number of ether oxygens (including phenoxy) is 1. The highest BCUT2D eigenvalue weighted by Gasteiger charge is 2.32. The molecule has 11 heteroatoms. The number of rotatable bonds is 7. The molecule has 2 aromatic heterocycles. The van der Waals surface area contributed by atoms with E-state index in [2.05, 4.69) is 15.5 Å². The molecular formula is C21H23ClN4O5S. The molecule has 3 aromatic rings. The number of aromatic nitrogens is 3. The summed E-state index contributed by atoms with van der Waals surface area (Å²) in [6, 6.07) is 8.39. The van der Waals surface area contributed by atoms with E-state index in [1.807, 2.05) is 0 Å². The molecule has 0 radical (unpaired) electrons. The summed E-state index contributed by atoms with van der Waals surface area (Å²) in [4.78, 5) is 25.5. The number of fused-ring (bicyclic) bond motifs is 1. The second-order valence-corrected chi connectivity index (χ2v) is 11.1. The molecule has 3 rings (SSSR count). The summed E-state index contributed by atoms with van der Waals surface area (Å²) in [5, 5.41) is 11.5. The molecule has 0 atom stereocenters. The fourth-order valence-electron chi connectivity index (χ4n) is 2.81. The molecule has 0 saturated heterocycles. The number of carbonyl (C=O) groups is 1. The van der Waals surface area contributed by atoms with Gasteiger partial charge in [0.15, 0.2) is 9.84 Å². The van der Waals surface area contributed by atoms with E-state index in [1.165, 1.54) is 37.7 Å². The average molecular weight is 479 g/mol. The third-order valence-electron chi connectivity index (χ3n) is 5.16. The van der Waals surface area contributed by atoms with Gasteiger partial charge in [-0.3, -0.25) is 9.59 Å². The number of amides is 1. The molecule has 0 aliphatic carbocycles. The molecule has 1 amide bonds. The van der Waals surface area contributed by atoms with Gasteiger partial charge in [0.2, 0.25) is 0 Å². The third kappa shape index (κ3) is 4.91. The van der Waals surface area contributed by atoms with Gasteiger partial charge in [-0.1, -0.05) is 23.7 Å². The smallest absolute Gasteiger partial charge is 0.263 e. The van der Waals surface area contributed by atoms with Crippen LogP contribution in [0.3, 0.4) is 0 Å². The second-order valence-electron chi connectivity index (χ2n) is 8.01. The van der Waals surface area contributed by atoms with Gasteiger partial charge in [-0.05, 0) is 37.6 Å². The quantitative estimate of drug-likeness (QED) is 0.552. The first-order valence-corrected chi connectivity index (χ1v) is 11.9. The topological polar surface area (TPSA) is 120 Å². The molecule has 0 fully saturated rings. The van der Waals surface area contributed by atoms with Crippen LogP contribution in [0.4, 0.5) is 0 Å². The molecule has 0 spiro atoms. The Bertz CT molecular complexity index is 1330. The van der Waals surface area contributed by atoms with Crippen LogP contribution < -0.4 is 15.6 Å². The summed E-state index contributed by atoms with van der Waals surface area (Å²) in [7, 11) is -1.91. The van der Waals surface area contributed by atoms with Crippen LogP contribution in [0, 0.1) is 0 Å². The summed E-state index contributed by atoms with van der Waals surface area (Å²) < 4.78 is 29.6. The van der Waals surface area contributed by atoms with Crippen molar-refractivity contribution in [1.29, 1.82) is 0 Å². The van der Waals surface area contributed by atoms with Crippen molar-refractivity contribution in [3.63, 3.8) is 0 Å². The lowest BCUT2D eigenvalue weighted by Crippen LogP contribution is -2.37. The first-order valence-electron chi connectivity index (χ1n) is 9.61. The molecule has 32 heavy (non-hydrogen) atoms. The number of pyridine rings is 1. The molecule has 1 aromatic carbocycles. The number of benzene rings is 1. The van der Waals surface area contributed by atoms with Crippen molar-refractivity contribution in [2.24, 2.45) is 7.05 Å². The highest BCUT2D eigenvalue weighted by molar-refractivity contribution is 7.92. The van der Waals surface area contributed by atoms with E-state index in [4.69, 9.17) is 16.3 Å². The number of sulfone groups is 1. The van der Waals surface area contributed by atoms with Gasteiger partial charge in [0.1, 0.15) is 22.4 Å². The summed E-state index contributed by atoms with van der Waals surface area (Å²) in [5.74, 6) is -0.535. The predicted molar refractivity (Wildman–Crippen MR) is 122 cm³/mol. The first-order chi connectivity index (χ1) is 14.9. The number of hydrogen-bond acceptors (Lipinski definition) is 7. The van der Waals surface area contributed by atoms with Crippen LogP contribution in [0.15, 0.2) is 41.3 Å². The second kappa shape index (κ2) is 8.87. The largest absolute Gasteiger partial charge is 0.473 e. The number of halogens is 1. The minimum atomic E-state index is -3.40. The van der Waals surface area contributed by atoms with Crippen LogP contribution in [0.5, 0.6) is 5.88 Å². The number of carbonyl (C=O) groups excluding carboxylic acids is 1. The maximum atomic E-state index is 12.9. The Balaban J connectivity index is 1.90. The maximum Gasteiger partial charge on any atom is 0.263 e. The molecule has 0 aliphatic rings. The Morgan fingerprint density at radius 3 is 2.53 bits per heavy atom. The van der Waals surface area contributed by atoms with Gasteiger partial charge < -0.3 is 14.6 Å². The monoisotopic (exact) mass is 478 g/mol. The Labute approximate surface area is 190 Å². The molecule has 1 N–H and O–H groups in total. The molecule has 2 heterocycles. The minimum Gasteiger partial charge on any atom is -0.473 e. The fourth-order valence-corrected chi connectivity index (χ4v) is 3.21. The lowest BCUT2D eigenvalue weighted by Gasteiger charge is -2.22. The van der Waals surface area contributed by atoms with Gasteiger partial charge >= 0.3 is 0 Å². The lowest BCUT2D eigenvalue weighted by molar-refractivity contribution is 0.0949. The summed E-state index contributed by atoms with van der Waals surface area (Å²) in [5.41, 5.74) is 0.523. The van der Waals surface area contributed by atoms with Crippen LogP contribution >= 0.6 is 11.6 Å². The molecule has 0 saturated carbocycles. The van der Waals surface area contributed by atoms with Gasteiger partial charge in [0, 0.05) is 30.3 Å². The van der Waals surface area contributed by atoms with Crippen LogP contribution in [0.25, 0.3) is 10.9 Å². The van der Waals surface area contributed by atoms with Crippen LogP contribution in [0.1, 0.15) is 29.8 Å². The van der Waals surface area contributed by atoms with Crippen LogP contribution in [0.2, 0.25) is 5.02 Å². The molecule has 0 bridgehead atoms. The first kappa shape index (κ1) is 23.7. The Hall–Kier alpha value is -2.98. The van der Waals surface area contributed by atoms with Crippen LogP contribution in [-0.2, 0) is 23.4 Å². The standard InChI is InChI=1S/C21H23ClN4O5S/c1-21(2,32(4,29)30)12-31-19-17-14(11-24-25-19)9-16(20(28)26(17)3)18(27)23-10-13-5-7-15(22)8-6-13/h5-9,11H,10,12H2,1-4H3,(H,23,27). The van der Waals surface area contributed by atoms with Gasteiger partial charge in [-0.15, -0.1) is 5.10 Å². The minimum absolute atomic E-state index is 0.00643. The summed E-state index contributed by atoms with van der Waals surface area (Å²) in [6.45, 7) is 3.10. The number of hydrogen-bond donors (Lipinski definition) is 1. The predicted octanol–water partition coefficient (Wildman–Crippen LogP) is 2.11. The molecule has 0 unspecified atom stereocenters. The zero-order chi connectivity index (χ0) is 23.7. The maximum absolute atomic E-state index is 12.9. The van der Waals surface area contributed by atoms with Crippen molar-refractivity contribution >= 4 is 38.2 Å². The Kier molecular flexibility index (Phi) is 6.56. The van der Waals surface area contributed by atoms with Gasteiger partial charge in [-0.2, -0.15) is 5.10 Å². The summed E-state index contributed by atoms with van der Waals surface area (Å²) in [6.07, 6.45) is 2.52. The number of aryl methyl sites for hydroxylation is 1. The van der Waals surface area contributed by atoms with Gasteiger partial charge in [0.05, 0.1) is 6.20 Å². The zero-order valence-corrected chi connectivity index (χ0v) is 19.6. The lowest BCUT2D eigenvalue weighted by atomic mass is 10.1. The molecular weight excluding hydrogens is 456 g/mol. The van der Waals surface area contributed by atoms with E-state index in [0.29, 0.717) is 15.9 Å². The number of nitrogens with zero attached hydrogens (tertiary/aromatic N) is 3. The van der Waals surface area contributed by atoms with E-state index in [9.17, 15) is 18.0 Å². The van der Waals surface area contributed by atoms with Crippen molar-refractivity contribution in [1.82, 2.24) is 20.1 Å². The van der Waals surface area contributed by atoms with Gasteiger partial charge in [0.25, 0.3) is 17.3 Å². The fraction of sp³-hybridized carbons (Fsp3) is 0.333. The van der Waals surface area contributed by atoms with Crippen molar-refractivity contribution in [2.45, 2.75) is 25.1 Å². The third-order valence-corrected chi connectivity index (χ3v) is 7.54. The van der Waals surface area contributed by atoms with Crippen molar-refractivity contribution in [2.75, 3.05) is 12.9 Å². The highest BCUT2D eigenvalue weighted by atomic mass is 35.5. The van der Waals surface area contributed by atoms with Crippen molar-refractivity contribution in [3.05, 3.63) is 63.0 Å². The van der Waals surface area contributed by atoms with Gasteiger partial charge in [-0.25, -0.2) is 8.42 Å². The van der Waals surface area contributed by atoms with E-state index in [-0.39, 0.29) is 24.6 Å². The van der Waals surface area contributed by atoms with E-state index < -0.39 is 26.1 Å². The highest BCUT2D eigenvalue weighted by Crippen LogP contribution is 2.23. The van der Waals surface area contributed by atoms with E-state index >= 15 is 0 Å². The van der Waals surface area contributed by atoms with Crippen LogP contribution in [-0.4, -0.2) is 46.7 Å².